The maximum Gasteiger partial charge on any atom is 0.348 e. The number of benzene rings is 1. The lowest BCUT2D eigenvalue weighted by atomic mass is 10.0. The van der Waals surface area contributed by atoms with Gasteiger partial charge in [0, 0.05) is 20.4 Å². The number of hydrogen-bond donors (Lipinski definition) is 9. The van der Waals surface area contributed by atoms with Crippen LogP contribution in [0.3, 0.4) is 0 Å². The minimum atomic E-state index is -1.55. The van der Waals surface area contributed by atoms with Crippen LogP contribution in [0.25, 0.3) is 0 Å². The second-order valence-electron chi connectivity index (χ2n) is 8.30. The number of amides is 2. The van der Waals surface area contributed by atoms with E-state index in [4.69, 9.17) is 25.2 Å². The number of ether oxygens (including phenoxy) is 1. The highest BCUT2D eigenvalue weighted by atomic mass is 127. The molecule has 2 amide bonds. The van der Waals surface area contributed by atoms with Crippen LogP contribution in [0, 0.1) is 10.7 Å². The first-order valence-corrected chi connectivity index (χ1v) is 15.0. The number of anilines is 2. The molecule has 1 aromatic rings. The minimum absolute atomic E-state index is 0.0150. The highest BCUT2D eigenvalue weighted by Gasteiger charge is 2.30. The fraction of sp³-hybridized carbons (Fsp3) is 0.565. The highest BCUT2D eigenvalue weighted by Crippen LogP contribution is 2.39. The second kappa shape index (κ2) is 19.4. The quantitative estimate of drug-likeness (QED) is 0.0761. The van der Waals surface area contributed by atoms with E-state index in [9.17, 15) is 29.4 Å². The van der Waals surface area contributed by atoms with Crippen LogP contribution < -0.4 is 16.0 Å². The highest BCUT2D eigenvalue weighted by molar-refractivity contribution is 14.1. The number of hydrogen-bond acceptors (Lipinski definition) is 12. The first-order chi connectivity index (χ1) is 18.5. The first kappa shape index (κ1) is 39.2. The summed E-state index contributed by atoms with van der Waals surface area (Å²) < 4.78 is 6.05. The van der Waals surface area contributed by atoms with Gasteiger partial charge in [0.05, 0.1) is 40.4 Å². The van der Waals surface area contributed by atoms with Crippen molar-refractivity contribution in [2.75, 3.05) is 30.8 Å². The average molecular weight is 909 g/mol. The molecule has 0 aliphatic rings. The summed E-state index contributed by atoms with van der Waals surface area (Å²) in [6, 6.07) is 0. The van der Waals surface area contributed by atoms with Crippen molar-refractivity contribution in [1.29, 1.82) is 0 Å². The Labute approximate surface area is 272 Å². The Morgan fingerprint density at radius 1 is 0.825 bits per heavy atom. The van der Waals surface area contributed by atoms with Crippen molar-refractivity contribution in [3.63, 3.8) is 0 Å². The van der Waals surface area contributed by atoms with E-state index in [1.165, 1.54) is 13.8 Å². The number of aliphatic hydroxyl groups is 6. The molecule has 5 unspecified atom stereocenters. The summed E-state index contributed by atoms with van der Waals surface area (Å²) in [5.41, 5.74) is 0.656. The molecule has 0 heterocycles. The lowest BCUT2D eigenvalue weighted by molar-refractivity contribution is -0.147. The molecule has 0 saturated carbocycles. The van der Waals surface area contributed by atoms with Crippen LogP contribution in [-0.4, -0.2) is 105 Å². The molecule has 0 aliphatic carbocycles. The standard InChI is InChI=1S/C16H17I3N2O6.C7H17NO5/c1-4-5-8(24)15(25)27-16(26)9-10(17)13(20-6(2)22)12(19)14(11(9)18)21-7(3)23;1-8-2-4(10)6(12)7(13)5(11)3-9/h8,24H,4-5H2,1-3H3,(H,20,22)(H,21,23);4-13H,2-3H2,1H3. The molecule has 1 rings (SSSR count). The predicted molar refractivity (Wildman–Crippen MR) is 170 cm³/mol. The van der Waals surface area contributed by atoms with Crippen LogP contribution in [0.2, 0.25) is 0 Å². The summed E-state index contributed by atoms with van der Waals surface area (Å²) in [7, 11) is 1.57. The molecule has 9 N–H and O–H groups in total. The number of esters is 2. The summed E-state index contributed by atoms with van der Waals surface area (Å²) in [6.07, 6.45) is -6.34. The van der Waals surface area contributed by atoms with Gasteiger partial charge in [-0.3, -0.25) is 9.59 Å². The summed E-state index contributed by atoms with van der Waals surface area (Å²) in [4.78, 5) is 47.6. The topological polar surface area (TPSA) is 235 Å². The van der Waals surface area contributed by atoms with Crippen molar-refractivity contribution in [2.24, 2.45) is 0 Å². The maximum absolute atomic E-state index is 12.6. The minimum Gasteiger partial charge on any atom is -0.394 e. The molecule has 0 aromatic heterocycles. The lowest BCUT2D eigenvalue weighted by Crippen LogP contribution is -2.48. The lowest BCUT2D eigenvalue weighted by Gasteiger charge is -2.25. The predicted octanol–water partition coefficient (Wildman–Crippen LogP) is -0.0967. The normalized spacial score (nSPS) is 14.5. The van der Waals surface area contributed by atoms with Crippen LogP contribution in [0.4, 0.5) is 11.4 Å². The fourth-order valence-corrected chi connectivity index (χ4v) is 7.06. The Morgan fingerprint density at radius 2 is 1.27 bits per heavy atom. The molecular formula is C23H34I3N3O11. The van der Waals surface area contributed by atoms with Crippen molar-refractivity contribution >= 4 is 103 Å². The number of rotatable bonds is 12. The zero-order chi connectivity index (χ0) is 31.3. The van der Waals surface area contributed by atoms with Crippen LogP contribution in [0.1, 0.15) is 44.0 Å². The monoisotopic (exact) mass is 909 g/mol. The van der Waals surface area contributed by atoms with Gasteiger partial charge < -0.3 is 51.3 Å². The Hall–Kier alpha value is -0.790. The third-order valence-corrected chi connectivity index (χ3v) is 8.13. The first-order valence-electron chi connectivity index (χ1n) is 11.7. The van der Waals surface area contributed by atoms with E-state index in [-0.39, 0.29) is 30.3 Å². The Morgan fingerprint density at radius 3 is 1.65 bits per heavy atom. The van der Waals surface area contributed by atoms with E-state index in [0.717, 1.165) is 0 Å². The van der Waals surface area contributed by atoms with Gasteiger partial charge in [-0.25, -0.2) is 9.59 Å². The molecule has 5 atom stereocenters. The molecule has 0 radical (unpaired) electrons. The molecule has 228 valence electrons. The van der Waals surface area contributed by atoms with E-state index < -0.39 is 49.1 Å². The van der Waals surface area contributed by atoms with Gasteiger partial charge in [-0.15, -0.1) is 0 Å². The zero-order valence-corrected chi connectivity index (χ0v) is 28.5. The van der Waals surface area contributed by atoms with E-state index in [1.807, 2.05) is 67.8 Å². The molecule has 0 spiro atoms. The van der Waals surface area contributed by atoms with Crippen molar-refractivity contribution in [3.8, 4) is 0 Å². The van der Waals surface area contributed by atoms with Gasteiger partial charge in [-0.2, -0.15) is 0 Å². The molecule has 1 aromatic carbocycles. The Kier molecular flexibility index (Phi) is 19.0. The smallest absolute Gasteiger partial charge is 0.348 e. The van der Waals surface area contributed by atoms with Gasteiger partial charge in [-0.05, 0) is 81.2 Å². The molecule has 0 saturated heterocycles. The molecule has 0 bridgehead atoms. The number of nitrogens with one attached hydrogen (secondary N) is 3. The van der Waals surface area contributed by atoms with E-state index in [0.29, 0.717) is 28.5 Å². The summed E-state index contributed by atoms with van der Waals surface area (Å²) >= 11 is 5.67. The number of halogens is 3. The second-order valence-corrected chi connectivity index (χ2v) is 11.5. The summed E-state index contributed by atoms with van der Waals surface area (Å²) in [6.45, 7) is 3.83. The number of carbonyl (C=O) groups excluding carboxylic acids is 4. The average Bonchev–Trinajstić information content (AvgIpc) is 2.88. The summed E-state index contributed by atoms with van der Waals surface area (Å²) in [5.74, 6) is -2.75. The number of likely N-dealkylation sites (N-methyl/N-ethyl adjacent to an activating group) is 1. The molecule has 0 aliphatic heterocycles. The zero-order valence-electron chi connectivity index (χ0n) is 22.1. The molecule has 17 heteroatoms. The summed E-state index contributed by atoms with van der Waals surface area (Å²) in [5, 5.41) is 62.4. The SMILES string of the molecule is CCCC(O)C(=O)OC(=O)c1c(I)c(NC(C)=O)c(I)c(NC(C)=O)c1I.CNCC(O)C(O)C(O)C(O)CO. The number of aliphatic hydroxyl groups excluding tert-OH is 6. The maximum atomic E-state index is 12.6. The van der Waals surface area contributed by atoms with Crippen LogP contribution in [0.15, 0.2) is 0 Å². The van der Waals surface area contributed by atoms with Crippen LogP contribution in [-0.2, 0) is 19.1 Å². The molecule has 14 nitrogen and oxygen atoms in total. The van der Waals surface area contributed by atoms with Crippen molar-refractivity contribution < 1.29 is 54.6 Å². The Bertz CT molecular complexity index is 1000. The Balaban J connectivity index is 0.000000983. The molecular weight excluding hydrogens is 875 g/mol. The van der Waals surface area contributed by atoms with Crippen LogP contribution >= 0.6 is 67.8 Å². The van der Waals surface area contributed by atoms with Gasteiger partial charge in [0.25, 0.3) is 0 Å². The van der Waals surface area contributed by atoms with Gasteiger partial charge in [-0.1, -0.05) is 13.3 Å². The van der Waals surface area contributed by atoms with Gasteiger partial charge in [0.15, 0.2) is 6.10 Å². The third-order valence-electron chi connectivity index (χ3n) is 4.89. The van der Waals surface area contributed by atoms with E-state index in [1.54, 1.807) is 14.0 Å². The van der Waals surface area contributed by atoms with Gasteiger partial charge in [0.1, 0.15) is 18.3 Å². The van der Waals surface area contributed by atoms with Crippen molar-refractivity contribution in [3.05, 3.63) is 16.3 Å². The van der Waals surface area contributed by atoms with Crippen LogP contribution in [0.5, 0.6) is 0 Å². The van der Waals surface area contributed by atoms with Gasteiger partial charge in [0.2, 0.25) is 11.8 Å². The van der Waals surface area contributed by atoms with E-state index in [2.05, 4.69) is 16.0 Å². The van der Waals surface area contributed by atoms with Gasteiger partial charge >= 0.3 is 11.9 Å². The third kappa shape index (κ3) is 12.2. The van der Waals surface area contributed by atoms with Crippen molar-refractivity contribution in [1.82, 2.24) is 5.32 Å². The fourth-order valence-electron chi connectivity index (χ4n) is 2.91. The molecule has 40 heavy (non-hydrogen) atoms. The largest absolute Gasteiger partial charge is 0.394 e. The van der Waals surface area contributed by atoms with Crippen molar-refractivity contribution in [2.45, 2.75) is 64.1 Å². The number of carbonyl (C=O) groups is 4. The molecule has 0 fully saturated rings. The van der Waals surface area contributed by atoms with E-state index >= 15 is 0 Å².